The normalized spacial score (nSPS) is 47.0. The Bertz CT molecular complexity index is 698. The minimum atomic E-state index is -1.40. The summed E-state index contributed by atoms with van der Waals surface area (Å²) in [6.07, 6.45) is 10.7. The summed E-state index contributed by atoms with van der Waals surface area (Å²) in [5.41, 5.74) is -1.47. The summed E-state index contributed by atoms with van der Waals surface area (Å²) in [7, 11) is 0. The molecule has 4 saturated carbocycles. The molecule has 3 heteroatoms. The fourth-order valence-corrected chi connectivity index (χ4v) is 8.86. The second-order valence-electron chi connectivity index (χ2n) is 12.5. The molecular weight excluding hydrogens is 372 g/mol. The number of aliphatic hydroxyl groups is 1. The van der Waals surface area contributed by atoms with Crippen LogP contribution in [0.5, 0.6) is 0 Å². The molecule has 0 unspecified atom stereocenters. The van der Waals surface area contributed by atoms with Crippen molar-refractivity contribution in [1.29, 1.82) is 0 Å². The SMILES string of the molecule is CC(C)CCC[C@@H](C)[C@H]1CC[C@H]2[C@@H]3CC(=O)[C@@]4(O)CC(=O)CC[C@]4(C)[C@H]3CC[C@]12C. The van der Waals surface area contributed by atoms with Gasteiger partial charge in [0.1, 0.15) is 11.4 Å². The van der Waals surface area contributed by atoms with E-state index in [1.165, 1.54) is 38.5 Å². The summed E-state index contributed by atoms with van der Waals surface area (Å²) in [5, 5.41) is 11.4. The zero-order valence-electron chi connectivity index (χ0n) is 20.0. The number of fused-ring (bicyclic) bond motifs is 5. The molecule has 0 spiro atoms. The summed E-state index contributed by atoms with van der Waals surface area (Å²) in [5.74, 6) is 3.76. The number of hydrogen-bond donors (Lipinski definition) is 1. The zero-order chi connectivity index (χ0) is 21.9. The highest BCUT2D eigenvalue weighted by Gasteiger charge is 2.67. The molecule has 1 N–H and O–H groups in total. The average Bonchev–Trinajstić information content (AvgIpc) is 3.01. The maximum atomic E-state index is 13.3. The van der Waals surface area contributed by atoms with Crippen LogP contribution in [-0.2, 0) is 9.59 Å². The van der Waals surface area contributed by atoms with Crippen LogP contribution in [0.4, 0.5) is 0 Å². The Kier molecular flexibility index (Phi) is 5.78. The number of carbonyl (C=O) groups is 2. The minimum absolute atomic E-state index is 0.0306. The Labute approximate surface area is 183 Å². The van der Waals surface area contributed by atoms with E-state index in [-0.39, 0.29) is 18.0 Å². The van der Waals surface area contributed by atoms with E-state index < -0.39 is 11.0 Å². The number of Topliss-reactive ketones (excluding diaryl/α,β-unsaturated/α-hetero) is 2. The first-order valence-electron chi connectivity index (χ1n) is 12.8. The molecule has 0 amide bonds. The van der Waals surface area contributed by atoms with Gasteiger partial charge in [-0.3, -0.25) is 9.59 Å². The Morgan fingerprint density at radius 1 is 1.00 bits per heavy atom. The first-order valence-corrected chi connectivity index (χ1v) is 12.8. The molecule has 0 saturated heterocycles. The zero-order valence-corrected chi connectivity index (χ0v) is 20.0. The molecule has 4 aliphatic carbocycles. The molecular formula is C27H44O3. The van der Waals surface area contributed by atoms with Gasteiger partial charge in [-0.2, -0.15) is 0 Å². The first kappa shape index (κ1) is 22.5. The predicted octanol–water partition coefficient (Wildman–Crippen LogP) is 5.97. The topological polar surface area (TPSA) is 54.4 Å². The highest BCUT2D eigenvalue weighted by Crippen LogP contribution is 2.68. The third-order valence-corrected chi connectivity index (χ3v) is 10.7. The van der Waals surface area contributed by atoms with Gasteiger partial charge in [0.2, 0.25) is 0 Å². The largest absolute Gasteiger partial charge is 0.381 e. The van der Waals surface area contributed by atoms with Crippen molar-refractivity contribution in [2.24, 2.45) is 46.3 Å². The molecule has 30 heavy (non-hydrogen) atoms. The van der Waals surface area contributed by atoms with Gasteiger partial charge in [0, 0.05) is 24.7 Å². The van der Waals surface area contributed by atoms with Gasteiger partial charge in [-0.25, -0.2) is 0 Å². The third kappa shape index (κ3) is 3.24. The number of carbonyl (C=O) groups excluding carboxylic acids is 2. The van der Waals surface area contributed by atoms with Crippen LogP contribution < -0.4 is 0 Å². The van der Waals surface area contributed by atoms with E-state index in [1.807, 2.05) is 0 Å². The fourth-order valence-electron chi connectivity index (χ4n) is 8.86. The van der Waals surface area contributed by atoms with Gasteiger partial charge in [-0.05, 0) is 73.0 Å². The Hall–Kier alpha value is -0.700. The molecule has 8 atom stereocenters. The first-order chi connectivity index (χ1) is 14.0. The lowest BCUT2D eigenvalue weighted by Gasteiger charge is -2.62. The maximum Gasteiger partial charge on any atom is 0.165 e. The van der Waals surface area contributed by atoms with Crippen LogP contribution in [0.3, 0.4) is 0 Å². The summed E-state index contributed by atoms with van der Waals surface area (Å²) in [6, 6.07) is 0. The standard InChI is InChI=1S/C27H44O3/c1-17(2)7-6-8-18(3)21-9-10-22-20-15-24(29)27(30)16-19(28)11-14-26(27,5)23(20)12-13-25(21,22)4/h17-18,20-23,30H,6-16H2,1-5H3/t18-,20+,21-,22+,23+,25-,26-,27+/m1/s1. The van der Waals surface area contributed by atoms with Crippen molar-refractivity contribution in [2.45, 2.75) is 111 Å². The number of rotatable bonds is 5. The monoisotopic (exact) mass is 416 g/mol. The lowest BCUT2D eigenvalue weighted by Crippen LogP contribution is -2.66. The van der Waals surface area contributed by atoms with Gasteiger partial charge in [0.05, 0.1) is 0 Å². The highest BCUT2D eigenvalue weighted by molar-refractivity contribution is 5.96. The van der Waals surface area contributed by atoms with Gasteiger partial charge >= 0.3 is 0 Å². The highest BCUT2D eigenvalue weighted by atomic mass is 16.3. The van der Waals surface area contributed by atoms with Crippen molar-refractivity contribution in [3.8, 4) is 0 Å². The van der Waals surface area contributed by atoms with E-state index in [2.05, 4.69) is 34.6 Å². The van der Waals surface area contributed by atoms with Gasteiger partial charge < -0.3 is 5.11 Å². The predicted molar refractivity (Wildman–Crippen MR) is 120 cm³/mol. The quantitative estimate of drug-likeness (QED) is 0.600. The molecule has 0 bridgehead atoms. The van der Waals surface area contributed by atoms with Crippen LogP contribution in [0.2, 0.25) is 0 Å². The second kappa shape index (κ2) is 7.71. The molecule has 3 nitrogen and oxygen atoms in total. The molecule has 4 fully saturated rings. The Morgan fingerprint density at radius 2 is 1.73 bits per heavy atom. The van der Waals surface area contributed by atoms with Crippen LogP contribution in [0.1, 0.15) is 105 Å². The minimum Gasteiger partial charge on any atom is -0.381 e. The molecule has 0 aromatic carbocycles. The lowest BCUT2D eigenvalue weighted by atomic mass is 9.42. The molecule has 0 aliphatic heterocycles. The lowest BCUT2D eigenvalue weighted by molar-refractivity contribution is -0.203. The molecule has 0 heterocycles. The van der Waals surface area contributed by atoms with E-state index in [4.69, 9.17) is 0 Å². The number of ketones is 2. The van der Waals surface area contributed by atoms with Crippen molar-refractivity contribution in [2.75, 3.05) is 0 Å². The molecule has 170 valence electrons. The molecule has 0 radical (unpaired) electrons. The smallest absolute Gasteiger partial charge is 0.165 e. The van der Waals surface area contributed by atoms with E-state index in [1.54, 1.807) is 0 Å². The van der Waals surface area contributed by atoms with Crippen molar-refractivity contribution in [3.05, 3.63) is 0 Å². The van der Waals surface area contributed by atoms with Crippen molar-refractivity contribution >= 4 is 11.6 Å². The van der Waals surface area contributed by atoms with Crippen molar-refractivity contribution in [1.82, 2.24) is 0 Å². The average molecular weight is 417 g/mol. The van der Waals surface area contributed by atoms with Crippen LogP contribution in [-0.4, -0.2) is 22.3 Å². The van der Waals surface area contributed by atoms with Crippen LogP contribution in [0.25, 0.3) is 0 Å². The van der Waals surface area contributed by atoms with Crippen molar-refractivity contribution < 1.29 is 14.7 Å². The van der Waals surface area contributed by atoms with Crippen LogP contribution in [0.15, 0.2) is 0 Å². The van der Waals surface area contributed by atoms with Gasteiger partial charge in [0.15, 0.2) is 5.78 Å². The third-order valence-electron chi connectivity index (χ3n) is 10.7. The molecule has 4 rings (SSSR count). The van der Waals surface area contributed by atoms with Gasteiger partial charge in [-0.1, -0.05) is 53.9 Å². The maximum absolute atomic E-state index is 13.3. The molecule has 4 aliphatic rings. The van der Waals surface area contributed by atoms with E-state index in [0.717, 1.165) is 24.2 Å². The van der Waals surface area contributed by atoms with Gasteiger partial charge in [-0.15, -0.1) is 0 Å². The second-order valence-corrected chi connectivity index (χ2v) is 12.5. The summed E-state index contributed by atoms with van der Waals surface area (Å²) >= 11 is 0. The van der Waals surface area contributed by atoms with Crippen LogP contribution in [0, 0.1) is 46.3 Å². The summed E-state index contributed by atoms with van der Waals surface area (Å²) in [4.78, 5) is 25.4. The summed E-state index contributed by atoms with van der Waals surface area (Å²) < 4.78 is 0. The van der Waals surface area contributed by atoms with E-state index in [9.17, 15) is 14.7 Å². The Morgan fingerprint density at radius 3 is 2.43 bits per heavy atom. The van der Waals surface area contributed by atoms with E-state index in [0.29, 0.717) is 42.4 Å². The molecule has 0 aromatic rings. The fraction of sp³-hybridized carbons (Fsp3) is 0.926. The Balaban J connectivity index is 1.54. The van der Waals surface area contributed by atoms with E-state index >= 15 is 0 Å². The number of hydrogen-bond acceptors (Lipinski definition) is 3. The summed E-state index contributed by atoms with van der Waals surface area (Å²) in [6.45, 7) is 11.8. The van der Waals surface area contributed by atoms with Gasteiger partial charge in [0.25, 0.3) is 0 Å². The molecule has 0 aromatic heterocycles. The van der Waals surface area contributed by atoms with Crippen LogP contribution >= 0.6 is 0 Å². The van der Waals surface area contributed by atoms with Crippen molar-refractivity contribution in [3.63, 3.8) is 0 Å².